The SMILES string of the molecule is CCCNCc1ncc(-c2ccc(-c3ccc(-c4cnc(C5CCCN5C(=O)C(Nc5ncccn5)C(C)C)[nH]4)cc3)cc2)[nH]1. The summed E-state index contributed by atoms with van der Waals surface area (Å²) in [5.74, 6) is 2.34. The molecule has 0 radical (unpaired) electrons. The molecule has 232 valence electrons. The molecule has 45 heavy (non-hydrogen) atoms. The molecular formula is C35H41N9O. The summed E-state index contributed by atoms with van der Waals surface area (Å²) in [7, 11) is 0. The van der Waals surface area contributed by atoms with E-state index in [4.69, 9.17) is 4.98 Å². The molecule has 2 atom stereocenters. The third kappa shape index (κ3) is 6.96. The number of imidazole rings is 2. The van der Waals surface area contributed by atoms with Gasteiger partial charge in [0.1, 0.15) is 17.7 Å². The normalized spacial score (nSPS) is 15.5. The summed E-state index contributed by atoms with van der Waals surface area (Å²) >= 11 is 0. The summed E-state index contributed by atoms with van der Waals surface area (Å²) < 4.78 is 0. The highest BCUT2D eigenvalue weighted by Crippen LogP contribution is 2.33. The van der Waals surface area contributed by atoms with Gasteiger partial charge in [-0.3, -0.25) is 4.79 Å². The number of amides is 1. The number of likely N-dealkylation sites (tertiary alicyclic amines) is 1. The number of H-pyrrole nitrogens is 2. The zero-order valence-corrected chi connectivity index (χ0v) is 26.1. The Morgan fingerprint density at radius 3 is 2.16 bits per heavy atom. The molecule has 1 aliphatic rings. The lowest BCUT2D eigenvalue weighted by Crippen LogP contribution is -2.45. The van der Waals surface area contributed by atoms with Crippen molar-refractivity contribution in [3.63, 3.8) is 0 Å². The van der Waals surface area contributed by atoms with Crippen LogP contribution >= 0.6 is 0 Å². The van der Waals surface area contributed by atoms with Crippen molar-refractivity contribution in [1.29, 1.82) is 0 Å². The molecule has 1 amide bonds. The number of nitrogens with one attached hydrogen (secondary N) is 4. The monoisotopic (exact) mass is 603 g/mol. The highest BCUT2D eigenvalue weighted by Gasteiger charge is 2.37. The van der Waals surface area contributed by atoms with Crippen LogP contribution in [0, 0.1) is 5.92 Å². The van der Waals surface area contributed by atoms with Crippen molar-refractivity contribution in [3.05, 3.63) is 91.0 Å². The van der Waals surface area contributed by atoms with Gasteiger partial charge in [0.25, 0.3) is 0 Å². The first kappa shape index (κ1) is 30.2. The third-order valence-electron chi connectivity index (χ3n) is 8.30. The smallest absolute Gasteiger partial charge is 0.246 e. The lowest BCUT2D eigenvalue weighted by molar-refractivity contribution is -0.134. The Labute approximate surface area is 264 Å². The summed E-state index contributed by atoms with van der Waals surface area (Å²) in [5, 5.41) is 6.62. The van der Waals surface area contributed by atoms with E-state index in [2.05, 4.69) is 91.0 Å². The van der Waals surface area contributed by atoms with Gasteiger partial charge in [0.15, 0.2) is 0 Å². The molecule has 10 heteroatoms. The maximum absolute atomic E-state index is 13.7. The van der Waals surface area contributed by atoms with Crippen LogP contribution in [0.5, 0.6) is 0 Å². The minimum absolute atomic E-state index is 0.0465. The van der Waals surface area contributed by atoms with Crippen LogP contribution in [0.4, 0.5) is 5.95 Å². The van der Waals surface area contributed by atoms with Crippen LogP contribution in [0.1, 0.15) is 57.7 Å². The second-order valence-corrected chi connectivity index (χ2v) is 11.9. The Kier molecular flexibility index (Phi) is 9.30. The fraction of sp³-hybridized carbons (Fsp3) is 0.343. The van der Waals surface area contributed by atoms with Crippen LogP contribution in [-0.2, 0) is 11.3 Å². The van der Waals surface area contributed by atoms with E-state index in [0.717, 1.165) is 77.6 Å². The topological polar surface area (TPSA) is 128 Å². The maximum atomic E-state index is 13.7. The van der Waals surface area contributed by atoms with Crippen molar-refractivity contribution in [2.75, 3.05) is 18.4 Å². The van der Waals surface area contributed by atoms with E-state index in [-0.39, 0.29) is 17.9 Å². The minimum atomic E-state index is -0.422. The summed E-state index contributed by atoms with van der Waals surface area (Å²) in [6, 6.07) is 18.3. The summed E-state index contributed by atoms with van der Waals surface area (Å²) in [6.45, 7) is 8.65. The summed E-state index contributed by atoms with van der Waals surface area (Å²) in [5.41, 5.74) is 6.40. The highest BCUT2D eigenvalue weighted by molar-refractivity contribution is 5.85. The average molecular weight is 604 g/mol. The first-order chi connectivity index (χ1) is 22.0. The van der Waals surface area contributed by atoms with Gasteiger partial charge in [-0.15, -0.1) is 0 Å². The Morgan fingerprint density at radius 2 is 1.51 bits per heavy atom. The molecule has 10 nitrogen and oxygen atoms in total. The van der Waals surface area contributed by atoms with E-state index in [0.29, 0.717) is 12.5 Å². The van der Waals surface area contributed by atoms with Gasteiger partial charge in [-0.2, -0.15) is 0 Å². The standard InChI is InChI=1S/C35H41N9O/c1-4-16-36-22-31-39-20-28(41-31)26-12-8-24(9-13-26)25-10-14-27(15-11-25)29-21-40-33(42-29)30-7-5-19-44(30)34(45)32(23(2)3)43-35-37-17-6-18-38-35/h6,8-15,17-18,20-21,23,30,32,36H,4-5,7,16,19,22H2,1-3H3,(H,39,41)(H,40,42)(H,37,38,43). The fourth-order valence-electron chi connectivity index (χ4n) is 5.84. The Hall–Kier alpha value is -4.83. The Bertz CT molecular complexity index is 1680. The largest absolute Gasteiger partial charge is 0.342 e. The van der Waals surface area contributed by atoms with Crippen molar-refractivity contribution in [1.82, 2.24) is 40.1 Å². The number of aromatic nitrogens is 6. The first-order valence-electron chi connectivity index (χ1n) is 15.8. The van der Waals surface area contributed by atoms with Crippen LogP contribution in [0.15, 0.2) is 79.4 Å². The van der Waals surface area contributed by atoms with Crippen LogP contribution in [0.3, 0.4) is 0 Å². The second kappa shape index (κ2) is 13.9. The molecule has 2 aromatic carbocycles. The number of carbonyl (C=O) groups excluding carboxylic acids is 1. The number of benzene rings is 2. The van der Waals surface area contributed by atoms with Crippen molar-refractivity contribution in [2.45, 2.75) is 58.7 Å². The maximum Gasteiger partial charge on any atom is 0.246 e. The molecule has 0 saturated carbocycles. The molecule has 1 fully saturated rings. The van der Waals surface area contributed by atoms with Gasteiger partial charge in [-0.1, -0.05) is 69.3 Å². The van der Waals surface area contributed by atoms with Gasteiger partial charge < -0.3 is 25.5 Å². The molecule has 0 spiro atoms. The summed E-state index contributed by atoms with van der Waals surface area (Å²) in [6.07, 6.45) is 10.0. The predicted molar refractivity (Wildman–Crippen MR) is 177 cm³/mol. The van der Waals surface area contributed by atoms with Gasteiger partial charge in [0.2, 0.25) is 11.9 Å². The fourth-order valence-corrected chi connectivity index (χ4v) is 5.84. The Morgan fingerprint density at radius 1 is 0.889 bits per heavy atom. The van der Waals surface area contributed by atoms with E-state index < -0.39 is 6.04 Å². The van der Waals surface area contributed by atoms with Gasteiger partial charge in [-0.25, -0.2) is 19.9 Å². The van der Waals surface area contributed by atoms with Crippen LogP contribution in [0.2, 0.25) is 0 Å². The van der Waals surface area contributed by atoms with Crippen LogP contribution < -0.4 is 10.6 Å². The number of rotatable bonds is 12. The molecule has 2 unspecified atom stereocenters. The van der Waals surface area contributed by atoms with E-state index in [1.165, 1.54) is 0 Å². The lowest BCUT2D eigenvalue weighted by atomic mass is 10.0. The van der Waals surface area contributed by atoms with Crippen LogP contribution in [0.25, 0.3) is 33.6 Å². The molecule has 4 heterocycles. The Balaban J connectivity index is 1.12. The molecule has 4 N–H and O–H groups in total. The molecule has 1 aliphatic heterocycles. The van der Waals surface area contributed by atoms with Crippen molar-refractivity contribution < 1.29 is 4.79 Å². The molecule has 6 rings (SSSR count). The van der Waals surface area contributed by atoms with Gasteiger partial charge in [-0.05, 0) is 60.0 Å². The molecule has 1 saturated heterocycles. The molecule has 5 aromatic rings. The average Bonchev–Trinajstić information content (AvgIpc) is 3.85. The van der Waals surface area contributed by atoms with E-state index in [1.807, 2.05) is 31.1 Å². The number of aromatic amines is 2. The second-order valence-electron chi connectivity index (χ2n) is 11.9. The molecule has 0 aliphatic carbocycles. The van der Waals surface area contributed by atoms with Crippen molar-refractivity contribution >= 4 is 11.9 Å². The van der Waals surface area contributed by atoms with E-state index >= 15 is 0 Å². The number of carbonyl (C=O) groups is 1. The summed E-state index contributed by atoms with van der Waals surface area (Å²) in [4.78, 5) is 40.4. The molecule has 3 aromatic heterocycles. The first-order valence-corrected chi connectivity index (χ1v) is 15.8. The van der Waals surface area contributed by atoms with Gasteiger partial charge in [0.05, 0.1) is 36.4 Å². The number of hydrogen-bond donors (Lipinski definition) is 4. The lowest BCUT2D eigenvalue weighted by Gasteiger charge is -2.30. The molecular weight excluding hydrogens is 562 g/mol. The van der Waals surface area contributed by atoms with E-state index in [1.54, 1.807) is 18.5 Å². The van der Waals surface area contributed by atoms with Crippen LogP contribution in [-0.4, -0.2) is 59.8 Å². The number of anilines is 1. The van der Waals surface area contributed by atoms with Crippen molar-refractivity contribution in [3.8, 4) is 33.6 Å². The molecule has 0 bridgehead atoms. The third-order valence-corrected chi connectivity index (χ3v) is 8.30. The predicted octanol–water partition coefficient (Wildman–Crippen LogP) is 6.22. The number of nitrogens with zero attached hydrogens (tertiary/aromatic N) is 5. The number of hydrogen-bond acceptors (Lipinski definition) is 7. The zero-order valence-electron chi connectivity index (χ0n) is 26.1. The minimum Gasteiger partial charge on any atom is -0.342 e. The zero-order chi connectivity index (χ0) is 31.2. The van der Waals surface area contributed by atoms with Crippen molar-refractivity contribution in [2.24, 2.45) is 5.92 Å². The van der Waals surface area contributed by atoms with Gasteiger partial charge in [0, 0.05) is 18.9 Å². The quantitative estimate of drug-likeness (QED) is 0.125. The van der Waals surface area contributed by atoms with E-state index in [9.17, 15) is 4.79 Å². The highest BCUT2D eigenvalue weighted by atomic mass is 16.2. The van der Waals surface area contributed by atoms with Gasteiger partial charge >= 0.3 is 0 Å².